The molecule has 0 fully saturated rings. The lowest BCUT2D eigenvalue weighted by molar-refractivity contribution is -0.138. The Kier molecular flexibility index (Phi) is 34.1. The first-order chi connectivity index (χ1) is 59.0. The summed E-state index contributed by atoms with van der Waals surface area (Å²) >= 11 is 5.63. The fraction of sp³-hybridized carbons (Fsp3) is 0.111. The molecule has 0 spiro atoms. The van der Waals surface area contributed by atoms with Crippen LogP contribution in [-0.2, 0) is 69.9 Å². The van der Waals surface area contributed by atoms with E-state index in [-0.39, 0.29) is 35.7 Å². The van der Waals surface area contributed by atoms with Crippen molar-refractivity contribution in [1.82, 2.24) is 0 Å². The largest absolute Gasteiger partial charge is 0.489 e. The van der Waals surface area contributed by atoms with Gasteiger partial charge < -0.3 is 58.8 Å². The highest BCUT2D eigenvalue weighted by molar-refractivity contribution is 6.67. The Balaban J connectivity index is 0.000000165. The number of nitrogens with two attached hydrogens (primary N) is 1. The molecule has 0 unspecified atom stereocenters. The number of amides is 1. The molecular weight excluding hydrogens is 1590 g/mol. The molecule has 0 saturated carbocycles. The molecule has 4 N–H and O–H groups in total. The molecular formula is C99H83ClF6N2O14. The van der Waals surface area contributed by atoms with Gasteiger partial charge in [-0.15, -0.1) is 0 Å². The molecule has 0 atom stereocenters. The molecule has 16 nitrogen and oxygen atoms in total. The summed E-state index contributed by atoms with van der Waals surface area (Å²) in [5.74, 6) is 1.88. The number of aromatic carboxylic acids is 1. The second-order valence-corrected chi connectivity index (χ2v) is 27.0. The minimum Gasteiger partial charge on any atom is -0.489 e. The van der Waals surface area contributed by atoms with Gasteiger partial charge in [-0.25, -0.2) is 9.59 Å². The van der Waals surface area contributed by atoms with E-state index in [0.29, 0.717) is 96.8 Å². The van der Waals surface area contributed by atoms with Gasteiger partial charge in [0.25, 0.3) is 11.1 Å². The number of ether oxygens (including phenoxy) is 9. The van der Waals surface area contributed by atoms with Gasteiger partial charge in [0.2, 0.25) is 0 Å². The van der Waals surface area contributed by atoms with E-state index in [0.717, 1.165) is 68.8 Å². The first-order valence-electron chi connectivity index (χ1n) is 37.9. The summed E-state index contributed by atoms with van der Waals surface area (Å²) in [5.41, 5.74) is 12.9. The van der Waals surface area contributed by atoms with Crippen molar-refractivity contribution in [2.45, 2.75) is 65.2 Å². The van der Waals surface area contributed by atoms with Crippen molar-refractivity contribution >= 4 is 46.1 Å². The molecule has 122 heavy (non-hydrogen) atoms. The molecule has 1 amide bonds. The maximum atomic E-state index is 13.0. The standard InChI is InChI=1S/C28H22F3NO3.C22H20O4.C21H17ClO3.C21H18O4.C7H6F3N/c29-28(30,31)23-12-7-13-24(16-23)32-27(33)22-14-25(34-18-20-8-3-1-4-9-20)17-26(15-22)35-19-21-10-5-2-6-11-21;1-24-22(23)19-12-20(25-15-17-8-4-2-5-9-17)14-21(13-19)26-16-18-10-6-3-7-11-18;2*22-21(23)18-11-19(24-14-16-7-3-1-4-8-16)13-20(12-18)25-15-17-9-5-2-6-10-17;8-7(9,10)5-2-1-3-6(11)4-5/h1-17H,18-19H2,(H,32,33);2-14H,15-16H2,1H3;1-13H,14-15H2;1-13H,14-15H2,(H,22,23);1-4H,11H2. The van der Waals surface area contributed by atoms with Crippen molar-refractivity contribution in [3.8, 4) is 46.0 Å². The van der Waals surface area contributed by atoms with Gasteiger partial charge >= 0.3 is 24.3 Å². The Morgan fingerprint density at radius 2 is 0.541 bits per heavy atom. The maximum Gasteiger partial charge on any atom is 0.416 e. The lowest BCUT2D eigenvalue weighted by Crippen LogP contribution is -2.13. The van der Waals surface area contributed by atoms with Crippen LogP contribution in [0.1, 0.15) is 97.1 Å². The van der Waals surface area contributed by atoms with Crippen LogP contribution in [0.3, 0.4) is 0 Å². The van der Waals surface area contributed by atoms with Crippen LogP contribution in [0.25, 0.3) is 0 Å². The molecule has 14 aromatic carbocycles. The van der Waals surface area contributed by atoms with Crippen LogP contribution in [0, 0.1) is 0 Å². The number of esters is 1. The van der Waals surface area contributed by atoms with E-state index in [1.165, 1.54) is 55.6 Å². The highest BCUT2D eigenvalue weighted by Gasteiger charge is 2.31. The highest BCUT2D eigenvalue weighted by atomic mass is 35.5. The molecule has 14 aromatic rings. The van der Waals surface area contributed by atoms with Gasteiger partial charge in [-0.2, -0.15) is 26.3 Å². The average molecular weight is 1670 g/mol. The number of halogens is 7. The number of nitrogens with one attached hydrogen (secondary N) is 1. The van der Waals surface area contributed by atoms with Crippen molar-refractivity contribution in [3.63, 3.8) is 0 Å². The van der Waals surface area contributed by atoms with Crippen LogP contribution in [0.2, 0.25) is 0 Å². The van der Waals surface area contributed by atoms with Gasteiger partial charge in [-0.1, -0.05) is 255 Å². The smallest absolute Gasteiger partial charge is 0.416 e. The molecule has 0 aromatic heterocycles. The van der Waals surface area contributed by atoms with E-state index in [1.807, 2.05) is 243 Å². The predicted octanol–water partition coefficient (Wildman–Crippen LogP) is 23.8. The second kappa shape index (κ2) is 46.4. The lowest BCUT2D eigenvalue weighted by atomic mass is 10.1. The van der Waals surface area contributed by atoms with Crippen molar-refractivity contribution in [3.05, 3.63) is 442 Å². The van der Waals surface area contributed by atoms with E-state index in [9.17, 15) is 50.6 Å². The summed E-state index contributed by atoms with van der Waals surface area (Å²) in [6.45, 7) is 2.89. The quantitative estimate of drug-likeness (QED) is 0.0172. The molecule has 0 aliphatic heterocycles. The van der Waals surface area contributed by atoms with Crippen molar-refractivity contribution in [2.24, 2.45) is 0 Å². The molecule has 0 aliphatic rings. The SMILES string of the molecule is COC(=O)c1cc(OCc2ccccc2)cc(OCc2ccccc2)c1.Nc1cccc(C(F)(F)F)c1.O=C(Cl)c1cc(OCc2ccccc2)cc(OCc2ccccc2)c1.O=C(Nc1cccc(C(F)(F)F)c1)c1cc(OCc2ccccc2)cc(OCc2ccccc2)c1.O=C(O)c1cc(OCc2ccccc2)cc(OCc2ccccc2)c1. The number of anilines is 2. The van der Waals surface area contributed by atoms with E-state index >= 15 is 0 Å². The van der Waals surface area contributed by atoms with Crippen LogP contribution >= 0.6 is 11.6 Å². The monoisotopic (exact) mass is 1670 g/mol. The van der Waals surface area contributed by atoms with Gasteiger partial charge in [-0.05, 0) is 141 Å². The lowest BCUT2D eigenvalue weighted by Gasteiger charge is -2.14. The van der Waals surface area contributed by atoms with Crippen LogP contribution < -0.4 is 48.9 Å². The Labute approximate surface area is 706 Å². The normalized spacial score (nSPS) is 10.6. The highest BCUT2D eigenvalue weighted by Crippen LogP contribution is 2.34. The third-order valence-electron chi connectivity index (χ3n) is 17.3. The van der Waals surface area contributed by atoms with Gasteiger partial charge in [0, 0.05) is 46.8 Å². The zero-order valence-corrected chi connectivity index (χ0v) is 66.5. The molecule has 0 saturated heterocycles. The van der Waals surface area contributed by atoms with Crippen LogP contribution in [0.5, 0.6) is 46.0 Å². The minimum atomic E-state index is -4.51. The van der Waals surface area contributed by atoms with Crippen molar-refractivity contribution in [1.29, 1.82) is 0 Å². The number of benzene rings is 14. The van der Waals surface area contributed by atoms with Crippen molar-refractivity contribution in [2.75, 3.05) is 18.2 Å². The number of hydrogen-bond donors (Lipinski definition) is 3. The van der Waals surface area contributed by atoms with E-state index < -0.39 is 46.6 Å². The third-order valence-corrected chi connectivity index (χ3v) is 17.5. The number of nitrogen functional groups attached to an aromatic ring is 1. The fourth-order valence-corrected chi connectivity index (χ4v) is 11.3. The number of methoxy groups -OCH3 is 1. The number of carboxylic acid groups (broad SMARTS) is 1. The Morgan fingerprint density at radius 3 is 0.770 bits per heavy atom. The minimum absolute atomic E-state index is 0.0344. The Hall–Kier alpha value is -14.8. The number of carbonyl (C=O) groups is 4. The van der Waals surface area contributed by atoms with Crippen LogP contribution in [0.4, 0.5) is 37.7 Å². The molecule has 0 aliphatic carbocycles. The number of carboxylic acids is 1. The van der Waals surface area contributed by atoms with Crippen LogP contribution in [-0.4, -0.2) is 35.3 Å². The number of hydrogen-bond acceptors (Lipinski definition) is 14. The first kappa shape index (κ1) is 89.6. The predicted molar refractivity (Wildman–Crippen MR) is 456 cm³/mol. The Bertz CT molecular complexity index is 5210. The molecule has 14 rings (SSSR count). The molecule has 0 bridgehead atoms. The van der Waals surface area contributed by atoms with Crippen molar-refractivity contribution < 1.29 is 93.3 Å². The molecule has 0 radical (unpaired) electrons. The van der Waals surface area contributed by atoms with Gasteiger partial charge in [-0.3, -0.25) is 9.59 Å². The molecule has 23 heteroatoms. The Morgan fingerprint density at radius 1 is 0.303 bits per heavy atom. The zero-order valence-electron chi connectivity index (χ0n) is 65.8. The number of alkyl halides is 6. The third kappa shape index (κ3) is 31.3. The van der Waals surface area contributed by atoms with E-state index in [2.05, 4.69) is 5.32 Å². The second-order valence-electron chi connectivity index (χ2n) is 26.7. The summed E-state index contributed by atoms with van der Waals surface area (Å²) < 4.78 is 126. The summed E-state index contributed by atoms with van der Waals surface area (Å²) in [5, 5.41) is 11.3. The molecule has 622 valence electrons. The van der Waals surface area contributed by atoms with Gasteiger partial charge in [0.1, 0.15) is 98.9 Å². The topological polar surface area (TPSA) is 210 Å². The summed E-state index contributed by atoms with van der Waals surface area (Å²) in [6, 6.07) is 106. The maximum absolute atomic E-state index is 13.0. The average Bonchev–Trinajstić information content (AvgIpc) is 0.843. The molecule has 0 heterocycles. The van der Waals surface area contributed by atoms with E-state index in [4.69, 9.17) is 60.0 Å². The summed E-state index contributed by atoms with van der Waals surface area (Å²) in [7, 11) is 1.35. The fourth-order valence-electron chi connectivity index (χ4n) is 11.2. The summed E-state index contributed by atoms with van der Waals surface area (Å²) in [6.07, 6.45) is -8.81. The number of rotatable bonds is 29. The van der Waals surface area contributed by atoms with Gasteiger partial charge in [0.15, 0.2) is 0 Å². The first-order valence-corrected chi connectivity index (χ1v) is 38.3. The van der Waals surface area contributed by atoms with Gasteiger partial charge in [0.05, 0.1) is 29.4 Å². The van der Waals surface area contributed by atoms with Crippen LogP contribution in [0.15, 0.2) is 364 Å². The zero-order chi connectivity index (χ0) is 86.3. The number of carbonyl (C=O) groups excluding carboxylic acids is 3. The van der Waals surface area contributed by atoms with E-state index in [1.54, 1.807) is 48.5 Å². The summed E-state index contributed by atoms with van der Waals surface area (Å²) in [4.78, 5) is 47.8.